The van der Waals surface area contributed by atoms with Gasteiger partial charge in [-0.15, -0.1) is 0 Å². The van der Waals surface area contributed by atoms with Crippen molar-refractivity contribution in [3.05, 3.63) is 24.0 Å². The highest BCUT2D eigenvalue weighted by Crippen LogP contribution is 2.39. The maximum atomic E-state index is 9.50. The van der Waals surface area contributed by atoms with Crippen molar-refractivity contribution in [2.24, 2.45) is 5.92 Å². The normalized spacial score (nSPS) is 37.7. The van der Waals surface area contributed by atoms with Gasteiger partial charge in [-0.1, -0.05) is 12.2 Å². The smallest absolute Gasteiger partial charge is 0.122 e. The van der Waals surface area contributed by atoms with E-state index in [-0.39, 0.29) is 11.7 Å². The van der Waals surface area contributed by atoms with Crippen molar-refractivity contribution in [2.45, 2.75) is 32.0 Å². The van der Waals surface area contributed by atoms with Gasteiger partial charge in [-0.2, -0.15) is 0 Å². The third-order valence-electron chi connectivity index (χ3n) is 2.48. The summed E-state index contributed by atoms with van der Waals surface area (Å²) in [6.07, 6.45) is 6.62. The van der Waals surface area contributed by atoms with Crippen LogP contribution in [0.3, 0.4) is 0 Å². The Morgan fingerprint density at radius 2 is 2.33 bits per heavy atom. The average Bonchev–Trinajstić information content (AvgIpc) is 2.25. The summed E-state index contributed by atoms with van der Waals surface area (Å²) in [5, 5.41) is 9.50. The van der Waals surface area contributed by atoms with E-state index in [0.29, 0.717) is 11.7 Å². The van der Waals surface area contributed by atoms with Crippen LogP contribution >= 0.6 is 0 Å². The van der Waals surface area contributed by atoms with Crippen LogP contribution < -0.4 is 0 Å². The number of aliphatic hydroxyl groups is 1. The number of rotatable bonds is 0. The van der Waals surface area contributed by atoms with Gasteiger partial charge in [0.1, 0.15) is 11.9 Å². The fourth-order valence-electron chi connectivity index (χ4n) is 1.99. The predicted octanol–water partition coefficient (Wildman–Crippen LogP) is 2.18. The van der Waals surface area contributed by atoms with Gasteiger partial charge >= 0.3 is 0 Å². The van der Waals surface area contributed by atoms with Crippen molar-refractivity contribution in [2.75, 3.05) is 0 Å². The molecule has 0 aromatic carbocycles. The SMILES string of the molecule is CC1(C)CC2C=CC=C(O)C2O1. The van der Waals surface area contributed by atoms with Crippen LogP contribution in [0.4, 0.5) is 0 Å². The minimum absolute atomic E-state index is 0.0914. The zero-order valence-electron chi connectivity index (χ0n) is 7.45. The lowest BCUT2D eigenvalue weighted by Crippen LogP contribution is -2.22. The van der Waals surface area contributed by atoms with Crippen molar-refractivity contribution < 1.29 is 9.84 Å². The molecule has 2 unspecified atom stereocenters. The van der Waals surface area contributed by atoms with Gasteiger partial charge in [-0.05, 0) is 26.3 Å². The highest BCUT2D eigenvalue weighted by atomic mass is 16.5. The molecule has 66 valence electrons. The number of fused-ring (bicyclic) bond motifs is 1. The summed E-state index contributed by atoms with van der Waals surface area (Å²) >= 11 is 0. The Labute approximate surface area is 72.5 Å². The van der Waals surface area contributed by atoms with E-state index < -0.39 is 0 Å². The molecular weight excluding hydrogens is 152 g/mol. The van der Waals surface area contributed by atoms with E-state index in [1.807, 2.05) is 6.08 Å². The maximum absolute atomic E-state index is 9.50. The first-order valence-corrected chi connectivity index (χ1v) is 4.34. The Morgan fingerprint density at radius 3 is 3.00 bits per heavy atom. The van der Waals surface area contributed by atoms with Crippen LogP contribution in [0.2, 0.25) is 0 Å². The highest BCUT2D eigenvalue weighted by molar-refractivity contribution is 5.22. The lowest BCUT2D eigenvalue weighted by Gasteiger charge is -2.19. The van der Waals surface area contributed by atoms with Crippen LogP contribution in [0.25, 0.3) is 0 Å². The van der Waals surface area contributed by atoms with Crippen molar-refractivity contribution in [3.63, 3.8) is 0 Å². The van der Waals surface area contributed by atoms with Gasteiger partial charge in [-0.3, -0.25) is 0 Å². The van der Waals surface area contributed by atoms with E-state index in [0.717, 1.165) is 6.42 Å². The highest BCUT2D eigenvalue weighted by Gasteiger charge is 2.41. The van der Waals surface area contributed by atoms with E-state index in [2.05, 4.69) is 19.9 Å². The summed E-state index contributed by atoms with van der Waals surface area (Å²) in [6, 6.07) is 0. The Hall–Kier alpha value is -0.760. The number of aliphatic hydroxyl groups excluding tert-OH is 1. The average molecular weight is 166 g/mol. The molecule has 2 rings (SSSR count). The summed E-state index contributed by atoms with van der Waals surface area (Å²) in [5.41, 5.74) is -0.0914. The van der Waals surface area contributed by atoms with Gasteiger partial charge < -0.3 is 9.84 Å². The Morgan fingerprint density at radius 1 is 1.58 bits per heavy atom. The van der Waals surface area contributed by atoms with E-state index in [4.69, 9.17) is 4.74 Å². The minimum atomic E-state index is -0.0926. The molecule has 0 spiro atoms. The van der Waals surface area contributed by atoms with E-state index >= 15 is 0 Å². The van der Waals surface area contributed by atoms with Gasteiger partial charge in [0.25, 0.3) is 0 Å². The molecule has 1 aliphatic carbocycles. The third-order valence-corrected chi connectivity index (χ3v) is 2.48. The molecule has 1 saturated heterocycles. The molecule has 0 aromatic rings. The van der Waals surface area contributed by atoms with Crippen molar-refractivity contribution >= 4 is 0 Å². The molecule has 1 heterocycles. The van der Waals surface area contributed by atoms with Crippen LogP contribution in [0.1, 0.15) is 20.3 Å². The minimum Gasteiger partial charge on any atom is -0.510 e. The van der Waals surface area contributed by atoms with Gasteiger partial charge in [0.15, 0.2) is 0 Å². The molecule has 0 aromatic heterocycles. The zero-order chi connectivity index (χ0) is 8.77. The zero-order valence-corrected chi connectivity index (χ0v) is 7.45. The first kappa shape index (κ1) is 7.87. The number of hydrogen-bond acceptors (Lipinski definition) is 2. The quantitative estimate of drug-likeness (QED) is 0.597. The predicted molar refractivity (Wildman–Crippen MR) is 46.9 cm³/mol. The first-order valence-electron chi connectivity index (χ1n) is 4.34. The van der Waals surface area contributed by atoms with Crippen LogP contribution in [0.5, 0.6) is 0 Å². The molecule has 0 amide bonds. The largest absolute Gasteiger partial charge is 0.510 e. The summed E-state index contributed by atoms with van der Waals surface area (Å²) in [4.78, 5) is 0. The Kier molecular flexibility index (Phi) is 1.55. The lowest BCUT2D eigenvalue weighted by atomic mass is 9.91. The summed E-state index contributed by atoms with van der Waals surface area (Å²) < 4.78 is 5.70. The number of ether oxygens (including phenoxy) is 1. The Bertz CT molecular complexity index is 251. The van der Waals surface area contributed by atoms with Crippen LogP contribution in [-0.4, -0.2) is 16.8 Å². The lowest BCUT2D eigenvalue weighted by molar-refractivity contribution is -0.0184. The van der Waals surface area contributed by atoms with Crippen molar-refractivity contribution in [3.8, 4) is 0 Å². The first-order chi connectivity index (χ1) is 5.58. The second kappa shape index (κ2) is 2.36. The summed E-state index contributed by atoms with van der Waals surface area (Å²) in [6.45, 7) is 4.12. The molecule has 0 bridgehead atoms. The second-order valence-electron chi connectivity index (χ2n) is 4.14. The van der Waals surface area contributed by atoms with Crippen LogP contribution in [0, 0.1) is 5.92 Å². The maximum Gasteiger partial charge on any atom is 0.122 e. The van der Waals surface area contributed by atoms with Crippen LogP contribution in [0.15, 0.2) is 24.0 Å². The van der Waals surface area contributed by atoms with Crippen molar-refractivity contribution in [1.29, 1.82) is 0 Å². The summed E-state index contributed by atoms with van der Waals surface area (Å²) in [7, 11) is 0. The van der Waals surface area contributed by atoms with E-state index in [1.165, 1.54) is 0 Å². The van der Waals surface area contributed by atoms with E-state index in [9.17, 15) is 5.11 Å². The fraction of sp³-hybridized carbons (Fsp3) is 0.600. The van der Waals surface area contributed by atoms with Gasteiger partial charge in [0.2, 0.25) is 0 Å². The monoisotopic (exact) mass is 166 g/mol. The molecule has 2 aliphatic rings. The molecule has 12 heavy (non-hydrogen) atoms. The van der Waals surface area contributed by atoms with Crippen LogP contribution in [-0.2, 0) is 4.74 Å². The number of hydrogen-bond donors (Lipinski definition) is 1. The molecular formula is C10H14O2. The molecule has 1 fully saturated rings. The Balaban J connectivity index is 2.24. The second-order valence-corrected chi connectivity index (χ2v) is 4.14. The van der Waals surface area contributed by atoms with E-state index in [1.54, 1.807) is 6.08 Å². The molecule has 2 nitrogen and oxygen atoms in total. The molecule has 1 N–H and O–H groups in total. The molecule has 1 aliphatic heterocycles. The standard InChI is InChI=1S/C10H14O2/c1-10(2)6-7-4-3-5-8(11)9(7)12-10/h3-5,7,9,11H,6H2,1-2H3. The molecule has 2 atom stereocenters. The summed E-state index contributed by atoms with van der Waals surface area (Å²) in [5.74, 6) is 0.734. The fourth-order valence-corrected chi connectivity index (χ4v) is 1.99. The van der Waals surface area contributed by atoms with Gasteiger partial charge in [-0.25, -0.2) is 0 Å². The third kappa shape index (κ3) is 1.16. The topological polar surface area (TPSA) is 29.5 Å². The molecule has 2 heteroatoms. The number of allylic oxidation sites excluding steroid dienone is 2. The molecule has 0 saturated carbocycles. The van der Waals surface area contributed by atoms with Gasteiger partial charge in [0.05, 0.1) is 5.60 Å². The van der Waals surface area contributed by atoms with Crippen molar-refractivity contribution in [1.82, 2.24) is 0 Å². The van der Waals surface area contributed by atoms with Gasteiger partial charge in [0, 0.05) is 5.92 Å². The molecule has 0 radical (unpaired) electrons.